The van der Waals surface area contributed by atoms with E-state index in [2.05, 4.69) is 170 Å². The first-order valence-corrected chi connectivity index (χ1v) is 17.2. The van der Waals surface area contributed by atoms with E-state index in [1.54, 1.807) is 11.8 Å². The maximum absolute atomic E-state index is 5.10. The van der Waals surface area contributed by atoms with Crippen molar-refractivity contribution in [2.45, 2.75) is 9.79 Å². The molecule has 0 unspecified atom stereocenters. The first-order chi connectivity index (χ1) is 24.3. The summed E-state index contributed by atoms with van der Waals surface area (Å²) in [4.78, 5) is 12.5. The van der Waals surface area contributed by atoms with Gasteiger partial charge in [-0.15, -0.1) is 0 Å². The zero-order valence-corrected chi connectivity index (χ0v) is 27.6. The van der Waals surface area contributed by atoms with Gasteiger partial charge in [-0.3, -0.25) is 0 Å². The second-order valence-electron chi connectivity index (χ2n) is 11.8. The molecular formula is C46H32N2S. The van der Waals surface area contributed by atoms with Crippen LogP contribution in [0.2, 0.25) is 0 Å². The molecule has 0 aliphatic carbocycles. The van der Waals surface area contributed by atoms with Crippen LogP contribution in [0, 0.1) is 0 Å². The lowest BCUT2D eigenvalue weighted by Gasteiger charge is -2.14. The van der Waals surface area contributed by atoms with E-state index in [1.165, 1.54) is 15.4 Å². The van der Waals surface area contributed by atoms with Crippen molar-refractivity contribution in [3.63, 3.8) is 0 Å². The maximum Gasteiger partial charge on any atom is 0.0715 e. The van der Waals surface area contributed by atoms with Gasteiger partial charge in [-0.05, 0) is 64.7 Å². The largest absolute Gasteiger partial charge is 0.248 e. The van der Waals surface area contributed by atoms with Gasteiger partial charge in [0.1, 0.15) is 0 Å². The van der Waals surface area contributed by atoms with Gasteiger partial charge in [-0.1, -0.05) is 163 Å². The lowest BCUT2D eigenvalue weighted by Crippen LogP contribution is -1.92. The van der Waals surface area contributed by atoms with Crippen molar-refractivity contribution in [2.24, 2.45) is 0 Å². The van der Waals surface area contributed by atoms with Gasteiger partial charge in [-0.2, -0.15) is 0 Å². The highest BCUT2D eigenvalue weighted by atomic mass is 32.2. The molecule has 0 N–H and O–H groups in total. The zero-order valence-electron chi connectivity index (χ0n) is 26.8. The molecule has 6 aromatic carbocycles. The molecule has 0 amide bonds. The smallest absolute Gasteiger partial charge is 0.0715 e. The normalized spacial score (nSPS) is 10.9. The Morgan fingerprint density at radius 1 is 0.286 bits per heavy atom. The summed E-state index contributed by atoms with van der Waals surface area (Å²) in [6.07, 6.45) is 0. The van der Waals surface area contributed by atoms with Gasteiger partial charge < -0.3 is 0 Å². The Hall–Kier alpha value is -6.03. The van der Waals surface area contributed by atoms with Gasteiger partial charge in [-0.25, -0.2) is 9.97 Å². The quantitative estimate of drug-likeness (QED) is 0.165. The highest BCUT2D eigenvalue weighted by Gasteiger charge is 2.14. The molecule has 8 rings (SSSR count). The van der Waals surface area contributed by atoms with Crippen molar-refractivity contribution in [1.82, 2.24) is 9.97 Å². The Bertz CT molecular complexity index is 2220. The van der Waals surface area contributed by atoms with Crippen LogP contribution in [0.25, 0.3) is 67.3 Å². The molecule has 49 heavy (non-hydrogen) atoms. The molecule has 2 nitrogen and oxygen atoms in total. The fourth-order valence-corrected chi connectivity index (χ4v) is 7.10. The van der Waals surface area contributed by atoms with E-state index in [1.807, 2.05) is 24.3 Å². The van der Waals surface area contributed by atoms with E-state index in [4.69, 9.17) is 9.97 Å². The van der Waals surface area contributed by atoms with Gasteiger partial charge >= 0.3 is 0 Å². The minimum absolute atomic E-state index is 0.958. The highest BCUT2D eigenvalue weighted by Crippen LogP contribution is 2.40. The zero-order chi connectivity index (χ0) is 32.8. The Labute approximate surface area is 291 Å². The van der Waals surface area contributed by atoms with Crippen molar-refractivity contribution in [3.8, 4) is 67.3 Å². The average Bonchev–Trinajstić information content (AvgIpc) is 3.19. The Kier molecular flexibility index (Phi) is 8.65. The molecule has 0 aliphatic rings. The van der Waals surface area contributed by atoms with E-state index in [-0.39, 0.29) is 0 Å². The third kappa shape index (κ3) is 6.85. The maximum atomic E-state index is 5.10. The summed E-state index contributed by atoms with van der Waals surface area (Å²) < 4.78 is 0. The second-order valence-corrected chi connectivity index (χ2v) is 13.0. The topological polar surface area (TPSA) is 25.8 Å². The van der Waals surface area contributed by atoms with Crippen LogP contribution in [0.15, 0.2) is 204 Å². The van der Waals surface area contributed by atoms with E-state index < -0.39 is 0 Å². The molecular weight excluding hydrogens is 613 g/mol. The number of aromatic nitrogens is 2. The van der Waals surface area contributed by atoms with Crippen LogP contribution in [0.4, 0.5) is 0 Å². The minimum atomic E-state index is 0.958. The molecule has 232 valence electrons. The van der Waals surface area contributed by atoms with Gasteiger partial charge in [0, 0.05) is 32.0 Å². The summed E-state index contributed by atoms with van der Waals surface area (Å²) in [5.74, 6) is 0. The van der Waals surface area contributed by atoms with Gasteiger partial charge in [0.05, 0.1) is 22.8 Å². The fourth-order valence-electron chi connectivity index (χ4n) is 6.07. The predicted molar refractivity (Wildman–Crippen MR) is 205 cm³/mol. The van der Waals surface area contributed by atoms with E-state index >= 15 is 0 Å². The monoisotopic (exact) mass is 644 g/mol. The van der Waals surface area contributed by atoms with E-state index in [0.717, 1.165) is 61.7 Å². The van der Waals surface area contributed by atoms with Crippen LogP contribution >= 0.6 is 11.8 Å². The van der Waals surface area contributed by atoms with Crippen LogP contribution in [-0.4, -0.2) is 9.97 Å². The minimum Gasteiger partial charge on any atom is -0.248 e. The number of pyridine rings is 2. The number of benzene rings is 6. The summed E-state index contributed by atoms with van der Waals surface area (Å²) in [6, 6.07) is 68.0. The summed E-state index contributed by atoms with van der Waals surface area (Å²) in [7, 11) is 0. The Morgan fingerprint density at radius 3 is 1.14 bits per heavy atom. The number of hydrogen-bond donors (Lipinski definition) is 0. The van der Waals surface area contributed by atoms with E-state index in [9.17, 15) is 0 Å². The molecule has 0 fully saturated rings. The predicted octanol–water partition coefficient (Wildman–Crippen LogP) is 12.6. The van der Waals surface area contributed by atoms with Crippen LogP contribution in [0.1, 0.15) is 0 Å². The van der Waals surface area contributed by atoms with Gasteiger partial charge in [0.15, 0.2) is 0 Å². The SMILES string of the molecule is c1ccc(-c2cc(-c3cccc(Sc4ccccc4-c4cc(-c5ccccc5)nc(-c5ccccc5)c4)c3)cc(-c3ccccc3)n2)cc1. The Balaban J connectivity index is 1.19. The molecule has 0 radical (unpaired) electrons. The first kappa shape index (κ1) is 30.3. The number of nitrogens with zero attached hydrogens (tertiary/aromatic N) is 2. The third-order valence-corrected chi connectivity index (χ3v) is 9.59. The summed E-state index contributed by atoms with van der Waals surface area (Å²) in [5, 5.41) is 0. The molecule has 0 bridgehead atoms. The highest BCUT2D eigenvalue weighted by molar-refractivity contribution is 7.99. The standard InChI is InChI=1S/C46H32N2S/c1-5-16-33(17-6-1)42-29-38(30-43(47-42)34-18-7-2-8-19-34)37-24-15-25-40(28-37)49-46-27-14-13-26-41(46)39-31-44(35-20-9-3-10-21-35)48-45(32-39)36-22-11-4-12-23-36/h1-32H. The molecule has 0 aliphatic heterocycles. The molecule has 0 saturated carbocycles. The fraction of sp³-hybridized carbons (Fsp3) is 0. The van der Waals surface area contributed by atoms with Gasteiger partial charge in [0.25, 0.3) is 0 Å². The average molecular weight is 645 g/mol. The molecule has 2 aromatic heterocycles. The lowest BCUT2D eigenvalue weighted by atomic mass is 10.00. The first-order valence-electron chi connectivity index (χ1n) is 16.4. The Morgan fingerprint density at radius 2 is 0.673 bits per heavy atom. The van der Waals surface area contributed by atoms with Crippen LogP contribution in [0.5, 0.6) is 0 Å². The van der Waals surface area contributed by atoms with Crippen LogP contribution < -0.4 is 0 Å². The molecule has 0 spiro atoms. The molecule has 2 heterocycles. The number of rotatable bonds is 8. The van der Waals surface area contributed by atoms with Crippen molar-refractivity contribution in [3.05, 3.63) is 194 Å². The molecule has 8 aromatic rings. The summed E-state index contributed by atoms with van der Waals surface area (Å²) >= 11 is 1.79. The summed E-state index contributed by atoms with van der Waals surface area (Å²) in [5.41, 5.74) is 12.8. The van der Waals surface area contributed by atoms with Crippen molar-refractivity contribution >= 4 is 11.8 Å². The molecule has 0 atom stereocenters. The van der Waals surface area contributed by atoms with Crippen molar-refractivity contribution < 1.29 is 0 Å². The van der Waals surface area contributed by atoms with E-state index in [0.29, 0.717) is 0 Å². The van der Waals surface area contributed by atoms with Crippen LogP contribution in [-0.2, 0) is 0 Å². The van der Waals surface area contributed by atoms with Crippen molar-refractivity contribution in [2.75, 3.05) is 0 Å². The third-order valence-electron chi connectivity index (χ3n) is 8.52. The number of hydrogen-bond acceptors (Lipinski definition) is 3. The van der Waals surface area contributed by atoms with Crippen molar-refractivity contribution in [1.29, 1.82) is 0 Å². The second kappa shape index (κ2) is 14.0. The molecule has 3 heteroatoms. The lowest BCUT2D eigenvalue weighted by molar-refractivity contribution is 1.31. The van der Waals surface area contributed by atoms with Gasteiger partial charge in [0.2, 0.25) is 0 Å². The summed E-state index contributed by atoms with van der Waals surface area (Å²) in [6.45, 7) is 0. The van der Waals surface area contributed by atoms with Crippen LogP contribution in [0.3, 0.4) is 0 Å². The molecule has 0 saturated heterocycles.